The van der Waals surface area contributed by atoms with Gasteiger partial charge in [0.05, 0.1) is 12.6 Å². The fraction of sp³-hybridized carbons (Fsp3) is 0.375. The molecule has 9 heteroatoms. The number of carbonyl (C=O) groups excluding carboxylic acids is 1. The zero-order chi connectivity index (χ0) is 18.2. The van der Waals surface area contributed by atoms with E-state index in [1.165, 1.54) is 25.3 Å². The predicted octanol–water partition coefficient (Wildman–Crippen LogP) is 3.70. The van der Waals surface area contributed by atoms with Gasteiger partial charge in [0.1, 0.15) is 5.82 Å². The van der Waals surface area contributed by atoms with Crippen molar-refractivity contribution in [3.63, 3.8) is 0 Å². The Kier molecular flexibility index (Phi) is 6.81. The van der Waals surface area contributed by atoms with Crippen molar-refractivity contribution >= 4 is 39.9 Å². The fourth-order valence-electron chi connectivity index (χ4n) is 2.24. The summed E-state index contributed by atoms with van der Waals surface area (Å²) in [4.78, 5) is 13.7. The number of fused-ring (bicyclic) bond motifs is 1. The first-order valence-electron chi connectivity index (χ1n) is 7.78. The number of carbonyl (C=O) groups is 1. The van der Waals surface area contributed by atoms with E-state index in [4.69, 9.17) is 12.2 Å². The molecule has 0 radical (unpaired) electrons. The first-order chi connectivity index (χ1) is 12.0. The minimum atomic E-state index is -0.435. The zero-order valence-electron chi connectivity index (χ0n) is 13.7. The van der Waals surface area contributed by atoms with Crippen LogP contribution in [-0.2, 0) is 9.53 Å². The molecule has 0 fully saturated rings. The van der Waals surface area contributed by atoms with Crippen LogP contribution in [-0.4, -0.2) is 34.8 Å². The molecule has 7 nitrogen and oxygen atoms in total. The van der Waals surface area contributed by atoms with Crippen molar-refractivity contribution < 1.29 is 19.0 Å². The summed E-state index contributed by atoms with van der Waals surface area (Å²) in [7, 11) is 1.37. The first-order valence-corrected chi connectivity index (χ1v) is 8.18. The molecule has 0 aliphatic rings. The van der Waals surface area contributed by atoms with E-state index in [0.29, 0.717) is 23.9 Å². The molecule has 134 valence electrons. The maximum absolute atomic E-state index is 13.3. The molecule has 0 saturated carbocycles. The van der Waals surface area contributed by atoms with Crippen LogP contribution in [0.15, 0.2) is 28.4 Å². The Bertz CT molecular complexity index is 791. The van der Waals surface area contributed by atoms with Crippen LogP contribution >= 0.6 is 12.2 Å². The van der Waals surface area contributed by atoms with Crippen molar-refractivity contribution in [2.24, 2.45) is 10.2 Å². The van der Waals surface area contributed by atoms with Crippen LogP contribution in [0, 0.1) is 5.82 Å². The van der Waals surface area contributed by atoms with E-state index < -0.39 is 5.82 Å². The number of methoxy groups -OCH3 is 1. The van der Waals surface area contributed by atoms with Gasteiger partial charge in [0.25, 0.3) is 0 Å². The van der Waals surface area contributed by atoms with E-state index >= 15 is 0 Å². The Labute approximate surface area is 149 Å². The maximum atomic E-state index is 13.3. The van der Waals surface area contributed by atoms with Crippen molar-refractivity contribution in [2.45, 2.75) is 25.7 Å². The van der Waals surface area contributed by atoms with Gasteiger partial charge in [0.15, 0.2) is 5.69 Å². The first kappa shape index (κ1) is 18.8. The number of nitrogens with one attached hydrogen (secondary N) is 2. The normalized spacial score (nSPS) is 11.1. The number of nitrogens with zero attached hydrogens (tertiary/aromatic N) is 2. The monoisotopic (exact) mass is 366 g/mol. The average molecular weight is 366 g/mol. The van der Waals surface area contributed by atoms with E-state index in [0.717, 1.165) is 19.3 Å². The van der Waals surface area contributed by atoms with Crippen molar-refractivity contribution in [1.29, 1.82) is 0 Å². The summed E-state index contributed by atoms with van der Waals surface area (Å²) in [5.74, 6) is -0.849. The Hall–Kier alpha value is -2.55. The molecular weight excluding hydrogens is 347 g/mol. The van der Waals surface area contributed by atoms with Crippen LogP contribution in [0.5, 0.6) is 5.88 Å². The Balaban J connectivity index is 1.82. The molecule has 0 spiro atoms. The summed E-state index contributed by atoms with van der Waals surface area (Å²) in [6.45, 7) is 0.591. The van der Waals surface area contributed by atoms with E-state index in [2.05, 4.69) is 25.3 Å². The highest BCUT2D eigenvalue weighted by Crippen LogP contribution is 2.35. The molecule has 3 N–H and O–H groups in total. The Morgan fingerprint density at radius 1 is 1.40 bits per heavy atom. The van der Waals surface area contributed by atoms with E-state index in [1.54, 1.807) is 0 Å². The second-order valence-corrected chi connectivity index (χ2v) is 5.72. The van der Waals surface area contributed by atoms with Gasteiger partial charge in [-0.1, -0.05) is 6.42 Å². The SMILES string of the molecule is COC(=O)CCCCCNC(=S)N=Nc1c(O)[nH]c2ccc(F)cc12. The molecule has 0 amide bonds. The van der Waals surface area contributed by atoms with Gasteiger partial charge in [0, 0.05) is 18.4 Å². The topological polar surface area (TPSA) is 99.1 Å². The standard InChI is InChI=1S/C16H19FN4O3S/c1-24-13(22)5-3-2-4-8-18-16(25)21-20-14-11-9-10(17)6-7-12(11)19-15(14)23/h6-7,9,19,23H,2-5,8H2,1H3,(H,18,25). The number of esters is 1. The quantitative estimate of drug-likeness (QED) is 0.300. The van der Waals surface area contributed by atoms with Crippen molar-refractivity contribution in [1.82, 2.24) is 10.3 Å². The highest BCUT2D eigenvalue weighted by Gasteiger charge is 2.11. The number of hydrogen-bond donors (Lipinski definition) is 3. The molecule has 1 aromatic heterocycles. The van der Waals surface area contributed by atoms with Gasteiger partial charge in [-0.3, -0.25) is 4.79 Å². The molecule has 25 heavy (non-hydrogen) atoms. The smallest absolute Gasteiger partial charge is 0.305 e. The number of aromatic hydroxyl groups is 1. The van der Waals surface area contributed by atoms with Gasteiger partial charge >= 0.3 is 5.97 Å². The molecule has 1 heterocycles. The van der Waals surface area contributed by atoms with Crippen LogP contribution in [0.1, 0.15) is 25.7 Å². The number of rotatable bonds is 7. The highest BCUT2D eigenvalue weighted by molar-refractivity contribution is 7.80. The molecule has 0 aliphatic heterocycles. The number of thiocarbonyl (C=S) groups is 1. The number of aromatic amines is 1. The van der Waals surface area contributed by atoms with Crippen molar-refractivity contribution in [3.8, 4) is 5.88 Å². The van der Waals surface area contributed by atoms with Crippen LogP contribution in [0.25, 0.3) is 10.9 Å². The lowest BCUT2D eigenvalue weighted by Gasteiger charge is -2.03. The van der Waals surface area contributed by atoms with E-state index in [1.807, 2.05) is 0 Å². The van der Waals surface area contributed by atoms with Crippen LogP contribution < -0.4 is 5.32 Å². The van der Waals surface area contributed by atoms with Crippen molar-refractivity contribution in [3.05, 3.63) is 24.0 Å². The lowest BCUT2D eigenvalue weighted by atomic mass is 10.2. The van der Waals surface area contributed by atoms with E-state index in [-0.39, 0.29) is 22.6 Å². The number of hydrogen-bond acceptors (Lipinski definition) is 5. The Morgan fingerprint density at radius 2 is 2.20 bits per heavy atom. The minimum Gasteiger partial charge on any atom is -0.493 e. The molecule has 0 bridgehead atoms. The maximum Gasteiger partial charge on any atom is 0.305 e. The summed E-state index contributed by atoms with van der Waals surface area (Å²) in [6.07, 6.45) is 2.81. The number of unbranched alkanes of at least 4 members (excludes halogenated alkanes) is 2. The molecule has 2 rings (SSSR count). The predicted molar refractivity (Wildman–Crippen MR) is 95.5 cm³/mol. The minimum absolute atomic E-state index is 0.136. The zero-order valence-corrected chi connectivity index (χ0v) is 14.5. The third-order valence-electron chi connectivity index (χ3n) is 3.52. The molecule has 0 saturated heterocycles. The molecule has 0 aliphatic carbocycles. The van der Waals surface area contributed by atoms with Crippen LogP contribution in [0.2, 0.25) is 0 Å². The van der Waals surface area contributed by atoms with Gasteiger partial charge in [0.2, 0.25) is 11.0 Å². The summed E-state index contributed by atoms with van der Waals surface area (Å²) < 4.78 is 17.9. The second kappa shape index (κ2) is 9.07. The number of azo groups is 1. The number of benzene rings is 1. The van der Waals surface area contributed by atoms with Gasteiger partial charge < -0.3 is 20.1 Å². The summed E-state index contributed by atoms with van der Waals surface area (Å²) >= 11 is 5.05. The third kappa shape index (κ3) is 5.49. The lowest BCUT2D eigenvalue weighted by Crippen LogP contribution is -2.20. The number of ether oxygens (including phenoxy) is 1. The Morgan fingerprint density at radius 3 is 2.96 bits per heavy atom. The molecule has 0 unspecified atom stereocenters. The summed E-state index contributed by atoms with van der Waals surface area (Å²) in [5, 5.41) is 21.1. The molecule has 0 atom stereocenters. The highest BCUT2D eigenvalue weighted by atomic mass is 32.1. The average Bonchev–Trinajstić information content (AvgIpc) is 2.90. The number of halogens is 1. The summed E-state index contributed by atoms with van der Waals surface area (Å²) in [5.41, 5.74) is 0.689. The van der Waals surface area contributed by atoms with Gasteiger partial charge in [-0.2, -0.15) is 0 Å². The number of H-pyrrole nitrogens is 1. The van der Waals surface area contributed by atoms with Gasteiger partial charge in [-0.15, -0.1) is 10.2 Å². The second-order valence-electron chi connectivity index (χ2n) is 5.33. The largest absolute Gasteiger partial charge is 0.493 e. The fourth-order valence-corrected chi connectivity index (χ4v) is 2.38. The van der Waals surface area contributed by atoms with Gasteiger partial charge in [-0.05, 0) is 43.3 Å². The number of aromatic nitrogens is 1. The lowest BCUT2D eigenvalue weighted by molar-refractivity contribution is -0.140. The van der Waals surface area contributed by atoms with Crippen molar-refractivity contribution in [2.75, 3.05) is 13.7 Å². The molecule has 2 aromatic rings. The van der Waals surface area contributed by atoms with Gasteiger partial charge in [-0.25, -0.2) is 4.39 Å². The van der Waals surface area contributed by atoms with Crippen LogP contribution in [0.4, 0.5) is 10.1 Å². The van der Waals surface area contributed by atoms with Crippen LogP contribution in [0.3, 0.4) is 0 Å². The molecular formula is C16H19FN4O3S. The van der Waals surface area contributed by atoms with E-state index in [9.17, 15) is 14.3 Å². The third-order valence-corrected chi connectivity index (χ3v) is 3.74. The summed E-state index contributed by atoms with van der Waals surface area (Å²) in [6, 6.07) is 4.05. The molecule has 1 aromatic carbocycles.